The molecule has 0 amide bonds. The van der Waals surface area contributed by atoms with Crippen molar-refractivity contribution in [3.05, 3.63) is 23.8 Å². The first-order chi connectivity index (χ1) is 6.24. The third-order valence-electron chi connectivity index (χ3n) is 3.10. The van der Waals surface area contributed by atoms with Crippen molar-refractivity contribution in [2.24, 2.45) is 11.8 Å². The fourth-order valence-corrected chi connectivity index (χ4v) is 1.78. The van der Waals surface area contributed by atoms with E-state index >= 15 is 0 Å². The van der Waals surface area contributed by atoms with Gasteiger partial charge in [-0.25, -0.2) is 0 Å². The highest BCUT2D eigenvalue weighted by Crippen LogP contribution is 2.24. The van der Waals surface area contributed by atoms with E-state index < -0.39 is 0 Å². The van der Waals surface area contributed by atoms with Crippen LogP contribution in [-0.2, 0) is 0 Å². The normalized spacial score (nSPS) is 29.3. The molecule has 0 fully saturated rings. The molecule has 0 saturated heterocycles. The summed E-state index contributed by atoms with van der Waals surface area (Å²) in [4.78, 5) is 0. The van der Waals surface area contributed by atoms with Crippen LogP contribution in [0.15, 0.2) is 23.8 Å². The molecule has 0 heterocycles. The molecule has 0 aromatic heterocycles. The summed E-state index contributed by atoms with van der Waals surface area (Å²) in [6.45, 7) is 6.97. The van der Waals surface area contributed by atoms with Crippen molar-refractivity contribution in [3.8, 4) is 0 Å². The molecule has 0 radical (unpaired) electrons. The minimum Gasteiger partial charge on any atom is -0.0840 e. The van der Waals surface area contributed by atoms with Crippen LogP contribution in [0.3, 0.4) is 0 Å². The van der Waals surface area contributed by atoms with Crippen LogP contribution >= 0.6 is 0 Å². The molecular weight excluding hydrogens is 156 g/mol. The Morgan fingerprint density at radius 1 is 1.23 bits per heavy atom. The maximum atomic E-state index is 2.43. The summed E-state index contributed by atoms with van der Waals surface area (Å²) in [6.07, 6.45) is 12.1. The van der Waals surface area contributed by atoms with Gasteiger partial charge in [0.25, 0.3) is 0 Å². The highest BCUT2D eigenvalue weighted by Gasteiger charge is 2.11. The van der Waals surface area contributed by atoms with Crippen molar-refractivity contribution in [1.82, 2.24) is 0 Å². The lowest BCUT2D eigenvalue weighted by Gasteiger charge is -2.19. The Balaban J connectivity index is 2.58. The van der Waals surface area contributed by atoms with E-state index in [2.05, 4.69) is 39.0 Å². The van der Waals surface area contributed by atoms with E-state index in [-0.39, 0.29) is 0 Å². The summed E-state index contributed by atoms with van der Waals surface area (Å²) in [7, 11) is 0. The van der Waals surface area contributed by atoms with Crippen LogP contribution in [0.5, 0.6) is 0 Å². The monoisotopic (exact) mass is 178 g/mol. The second kappa shape index (κ2) is 5.26. The van der Waals surface area contributed by atoms with Gasteiger partial charge in [-0.2, -0.15) is 0 Å². The average Bonchev–Trinajstić information content (AvgIpc) is 2.11. The van der Waals surface area contributed by atoms with Gasteiger partial charge in [0.2, 0.25) is 0 Å². The topological polar surface area (TPSA) is 0 Å². The molecule has 74 valence electrons. The summed E-state index contributed by atoms with van der Waals surface area (Å²) in [5, 5.41) is 0. The maximum absolute atomic E-state index is 2.43. The maximum Gasteiger partial charge on any atom is -0.0285 e. The van der Waals surface area contributed by atoms with Gasteiger partial charge in [-0.05, 0) is 31.1 Å². The molecule has 0 aromatic carbocycles. The molecule has 13 heavy (non-hydrogen) atoms. The molecule has 0 heteroatoms. The van der Waals surface area contributed by atoms with Crippen molar-refractivity contribution >= 4 is 0 Å². The van der Waals surface area contributed by atoms with Crippen molar-refractivity contribution in [2.75, 3.05) is 0 Å². The fourth-order valence-electron chi connectivity index (χ4n) is 1.78. The third kappa shape index (κ3) is 3.38. The third-order valence-corrected chi connectivity index (χ3v) is 3.10. The second-order valence-corrected chi connectivity index (χ2v) is 4.36. The molecule has 1 aliphatic carbocycles. The quantitative estimate of drug-likeness (QED) is 0.590. The average molecular weight is 178 g/mol. The second-order valence-electron chi connectivity index (χ2n) is 4.36. The van der Waals surface area contributed by atoms with E-state index in [4.69, 9.17) is 0 Å². The highest BCUT2D eigenvalue weighted by atomic mass is 14.2. The van der Waals surface area contributed by atoms with E-state index in [1.165, 1.54) is 25.7 Å². The summed E-state index contributed by atoms with van der Waals surface area (Å²) in [5.74, 6) is 1.69. The molecule has 2 atom stereocenters. The number of hydrogen-bond donors (Lipinski definition) is 0. The van der Waals surface area contributed by atoms with E-state index in [9.17, 15) is 0 Å². The molecule has 0 aromatic rings. The van der Waals surface area contributed by atoms with E-state index in [1.54, 1.807) is 5.57 Å². The largest absolute Gasteiger partial charge is 0.0840 e. The van der Waals surface area contributed by atoms with Gasteiger partial charge in [0.15, 0.2) is 0 Å². The Bertz CT molecular complexity index is 198. The van der Waals surface area contributed by atoms with Crippen molar-refractivity contribution in [1.29, 1.82) is 0 Å². The standard InChI is InChI=1S/C13H22/c1-4-6-13-8-5-7-11(2)12(3)9-10-13/h5,8,10-12H,4,6-7,9H2,1-3H3. The van der Waals surface area contributed by atoms with Crippen LogP contribution in [0.4, 0.5) is 0 Å². The zero-order valence-corrected chi connectivity index (χ0v) is 9.22. The Morgan fingerprint density at radius 2 is 1.92 bits per heavy atom. The Kier molecular flexibility index (Phi) is 4.27. The van der Waals surface area contributed by atoms with Crippen molar-refractivity contribution < 1.29 is 0 Å². The lowest BCUT2D eigenvalue weighted by molar-refractivity contribution is 0.392. The molecule has 0 aliphatic heterocycles. The summed E-state index contributed by atoms with van der Waals surface area (Å²) in [5.41, 5.74) is 1.54. The number of allylic oxidation sites excluding steroid dienone is 4. The minimum atomic E-state index is 0.843. The van der Waals surface area contributed by atoms with Crippen LogP contribution in [0, 0.1) is 11.8 Å². The van der Waals surface area contributed by atoms with Crippen LogP contribution in [0.2, 0.25) is 0 Å². The first kappa shape index (κ1) is 10.6. The predicted octanol–water partition coefficient (Wildman–Crippen LogP) is 4.34. The summed E-state index contributed by atoms with van der Waals surface area (Å²) in [6, 6.07) is 0. The van der Waals surface area contributed by atoms with Gasteiger partial charge in [-0.1, -0.05) is 51.0 Å². The first-order valence-corrected chi connectivity index (χ1v) is 5.59. The van der Waals surface area contributed by atoms with Crippen LogP contribution in [-0.4, -0.2) is 0 Å². The molecule has 1 rings (SSSR count). The Morgan fingerprint density at radius 3 is 2.62 bits per heavy atom. The van der Waals surface area contributed by atoms with E-state index in [1.807, 2.05) is 0 Å². The van der Waals surface area contributed by atoms with Crippen LogP contribution in [0.25, 0.3) is 0 Å². The lowest BCUT2D eigenvalue weighted by Crippen LogP contribution is -2.07. The van der Waals surface area contributed by atoms with E-state index in [0.717, 1.165) is 11.8 Å². The molecule has 2 unspecified atom stereocenters. The van der Waals surface area contributed by atoms with Gasteiger partial charge in [0.05, 0.1) is 0 Å². The molecule has 0 N–H and O–H groups in total. The van der Waals surface area contributed by atoms with Gasteiger partial charge < -0.3 is 0 Å². The number of rotatable bonds is 2. The molecule has 0 spiro atoms. The van der Waals surface area contributed by atoms with Crippen molar-refractivity contribution in [3.63, 3.8) is 0 Å². The predicted molar refractivity (Wildman–Crippen MR) is 59.7 cm³/mol. The van der Waals surface area contributed by atoms with Crippen LogP contribution in [0.1, 0.15) is 46.5 Å². The van der Waals surface area contributed by atoms with Gasteiger partial charge in [-0.3, -0.25) is 0 Å². The van der Waals surface area contributed by atoms with Gasteiger partial charge >= 0.3 is 0 Å². The van der Waals surface area contributed by atoms with Crippen LogP contribution < -0.4 is 0 Å². The lowest BCUT2D eigenvalue weighted by atomic mass is 9.87. The Hall–Kier alpha value is -0.520. The zero-order valence-electron chi connectivity index (χ0n) is 9.22. The Labute approximate surface area is 82.7 Å². The first-order valence-electron chi connectivity index (χ1n) is 5.59. The van der Waals surface area contributed by atoms with Gasteiger partial charge in [0.1, 0.15) is 0 Å². The molecular formula is C13H22. The molecule has 0 nitrogen and oxygen atoms in total. The summed E-state index contributed by atoms with van der Waals surface area (Å²) < 4.78 is 0. The van der Waals surface area contributed by atoms with Crippen molar-refractivity contribution in [2.45, 2.75) is 46.5 Å². The SMILES string of the molecule is CCCC1=CCC(C)C(C)CC=C1. The number of hydrogen-bond acceptors (Lipinski definition) is 0. The molecule has 0 bridgehead atoms. The molecule has 0 saturated carbocycles. The summed E-state index contributed by atoms with van der Waals surface area (Å²) >= 11 is 0. The molecule has 1 aliphatic rings. The smallest absolute Gasteiger partial charge is 0.0285 e. The van der Waals surface area contributed by atoms with E-state index in [0.29, 0.717) is 0 Å². The highest BCUT2D eigenvalue weighted by molar-refractivity contribution is 5.19. The van der Waals surface area contributed by atoms with Gasteiger partial charge in [0, 0.05) is 0 Å². The zero-order chi connectivity index (χ0) is 9.68. The van der Waals surface area contributed by atoms with Gasteiger partial charge in [-0.15, -0.1) is 0 Å². The minimum absolute atomic E-state index is 0.843. The fraction of sp³-hybridized carbons (Fsp3) is 0.692.